The minimum atomic E-state index is -1.06. The molecule has 0 aromatic heterocycles. The predicted octanol–water partition coefficient (Wildman–Crippen LogP) is 0.530. The first-order valence-electron chi connectivity index (χ1n) is 3.44. The van der Waals surface area contributed by atoms with Gasteiger partial charge >= 0.3 is 11.9 Å². The maximum atomic E-state index is 10.4. The number of hydrogen-bond donors (Lipinski definition) is 2. The molecule has 0 spiro atoms. The Bertz CT molecular complexity index is 167. The first kappa shape index (κ1) is 8.04. The molecule has 4 heteroatoms. The molecular weight excluding hydrogens is 148 g/mol. The fourth-order valence-corrected chi connectivity index (χ4v) is 1.37. The van der Waals surface area contributed by atoms with Gasteiger partial charge < -0.3 is 10.2 Å². The molecule has 1 atom stereocenters. The molecule has 1 rings (SSSR count). The van der Waals surface area contributed by atoms with Gasteiger partial charge in [0, 0.05) is 0 Å². The van der Waals surface area contributed by atoms with Crippen molar-refractivity contribution in [1.29, 1.82) is 0 Å². The zero-order valence-electron chi connectivity index (χ0n) is 5.91. The third kappa shape index (κ3) is 1.50. The van der Waals surface area contributed by atoms with Gasteiger partial charge in [0.1, 0.15) is 0 Å². The second-order valence-electron chi connectivity index (χ2n) is 2.61. The van der Waals surface area contributed by atoms with Crippen molar-refractivity contribution in [3.05, 3.63) is 5.92 Å². The summed E-state index contributed by atoms with van der Waals surface area (Å²) in [5.74, 6) is -2.67. The predicted molar refractivity (Wildman–Crippen MR) is 35.9 cm³/mol. The van der Waals surface area contributed by atoms with Crippen LogP contribution in [0.1, 0.15) is 19.3 Å². The second-order valence-corrected chi connectivity index (χ2v) is 2.61. The molecule has 1 aliphatic carbocycles. The van der Waals surface area contributed by atoms with Gasteiger partial charge in [-0.3, -0.25) is 9.59 Å². The first-order valence-corrected chi connectivity index (χ1v) is 3.44. The highest BCUT2D eigenvalue weighted by molar-refractivity contribution is 5.91. The van der Waals surface area contributed by atoms with Crippen molar-refractivity contribution in [1.82, 2.24) is 0 Å². The van der Waals surface area contributed by atoms with Crippen molar-refractivity contribution < 1.29 is 19.8 Å². The molecule has 1 unspecified atom stereocenters. The number of aliphatic carboxylic acids is 2. The van der Waals surface area contributed by atoms with Gasteiger partial charge in [-0.2, -0.15) is 0 Å². The largest absolute Gasteiger partial charge is 0.481 e. The number of carboxylic acid groups (broad SMARTS) is 2. The van der Waals surface area contributed by atoms with Gasteiger partial charge in [0.15, 0.2) is 0 Å². The highest BCUT2D eigenvalue weighted by Crippen LogP contribution is 2.33. The van der Waals surface area contributed by atoms with Crippen molar-refractivity contribution in [2.24, 2.45) is 5.92 Å². The Morgan fingerprint density at radius 1 is 1.36 bits per heavy atom. The van der Waals surface area contributed by atoms with E-state index in [1.165, 1.54) is 0 Å². The fraction of sp³-hybridized carbons (Fsp3) is 0.571. The zero-order valence-corrected chi connectivity index (χ0v) is 5.91. The summed E-state index contributed by atoms with van der Waals surface area (Å²) in [6.45, 7) is 0. The van der Waals surface area contributed by atoms with Crippen LogP contribution in [0.5, 0.6) is 0 Å². The standard InChI is InChI=1S/C7H9O4/c8-6(9)4-2-1-3-5(4)7(10)11/h4H,1-3H2,(H,8,9)(H,10,11). The highest BCUT2D eigenvalue weighted by Gasteiger charge is 2.38. The molecule has 0 aromatic carbocycles. The third-order valence-electron chi connectivity index (χ3n) is 1.93. The van der Waals surface area contributed by atoms with Crippen LogP contribution in [0, 0.1) is 11.8 Å². The molecule has 1 radical (unpaired) electrons. The van der Waals surface area contributed by atoms with Gasteiger partial charge in [-0.25, -0.2) is 0 Å². The van der Waals surface area contributed by atoms with Crippen LogP contribution in [0.4, 0.5) is 0 Å². The van der Waals surface area contributed by atoms with E-state index in [9.17, 15) is 9.59 Å². The van der Waals surface area contributed by atoms with Crippen LogP contribution in [0.3, 0.4) is 0 Å². The molecule has 0 amide bonds. The molecule has 0 bridgehead atoms. The zero-order chi connectivity index (χ0) is 8.43. The molecule has 0 aromatic rings. The average molecular weight is 157 g/mol. The molecular formula is C7H9O4. The Morgan fingerprint density at radius 2 is 2.00 bits per heavy atom. The van der Waals surface area contributed by atoms with Crippen molar-refractivity contribution in [2.45, 2.75) is 19.3 Å². The summed E-state index contributed by atoms with van der Waals surface area (Å²) in [5, 5.41) is 17.1. The molecule has 61 valence electrons. The lowest BCUT2D eigenvalue weighted by molar-refractivity contribution is -0.145. The highest BCUT2D eigenvalue weighted by atomic mass is 16.4. The van der Waals surface area contributed by atoms with Crippen molar-refractivity contribution in [3.8, 4) is 0 Å². The summed E-state index contributed by atoms with van der Waals surface area (Å²) in [5.41, 5.74) is 0. The Morgan fingerprint density at radius 3 is 2.36 bits per heavy atom. The van der Waals surface area contributed by atoms with E-state index in [1.807, 2.05) is 0 Å². The molecule has 0 heterocycles. The maximum absolute atomic E-state index is 10.4. The van der Waals surface area contributed by atoms with Gasteiger partial charge in [-0.05, 0) is 12.8 Å². The van der Waals surface area contributed by atoms with Crippen molar-refractivity contribution in [3.63, 3.8) is 0 Å². The molecule has 2 N–H and O–H groups in total. The topological polar surface area (TPSA) is 74.6 Å². The number of hydrogen-bond acceptors (Lipinski definition) is 2. The number of carbonyl (C=O) groups is 2. The molecule has 1 fully saturated rings. The lowest BCUT2D eigenvalue weighted by atomic mass is 9.97. The van der Waals surface area contributed by atoms with Crippen LogP contribution < -0.4 is 0 Å². The van der Waals surface area contributed by atoms with E-state index >= 15 is 0 Å². The summed E-state index contributed by atoms with van der Waals surface area (Å²) in [4.78, 5) is 20.8. The normalized spacial score (nSPS) is 25.3. The van der Waals surface area contributed by atoms with E-state index in [-0.39, 0.29) is 5.92 Å². The average Bonchev–Trinajstić information content (AvgIpc) is 2.32. The molecule has 4 nitrogen and oxygen atoms in total. The fourth-order valence-electron chi connectivity index (χ4n) is 1.37. The monoisotopic (exact) mass is 157 g/mol. The molecule has 1 aliphatic rings. The quantitative estimate of drug-likeness (QED) is 0.613. The van der Waals surface area contributed by atoms with Crippen LogP contribution in [0.2, 0.25) is 0 Å². The minimum absolute atomic E-state index is 0.150. The smallest absolute Gasteiger partial charge is 0.311 e. The third-order valence-corrected chi connectivity index (χ3v) is 1.93. The molecule has 1 saturated carbocycles. The maximum Gasteiger partial charge on any atom is 0.311 e. The lowest BCUT2D eigenvalue weighted by Crippen LogP contribution is -2.22. The molecule has 0 aliphatic heterocycles. The van der Waals surface area contributed by atoms with Crippen molar-refractivity contribution in [2.75, 3.05) is 0 Å². The Hall–Kier alpha value is -1.06. The van der Waals surface area contributed by atoms with Gasteiger partial charge in [-0.15, -0.1) is 0 Å². The lowest BCUT2D eigenvalue weighted by Gasteiger charge is -2.08. The van der Waals surface area contributed by atoms with E-state index in [0.717, 1.165) is 0 Å². The number of rotatable bonds is 2. The van der Waals surface area contributed by atoms with E-state index in [4.69, 9.17) is 10.2 Å². The molecule has 11 heavy (non-hydrogen) atoms. The Labute approximate surface area is 63.8 Å². The Balaban J connectivity index is 2.65. The van der Waals surface area contributed by atoms with E-state index in [2.05, 4.69) is 0 Å². The van der Waals surface area contributed by atoms with Crippen LogP contribution in [0.15, 0.2) is 0 Å². The second kappa shape index (κ2) is 2.90. The van der Waals surface area contributed by atoms with Gasteiger partial charge in [-0.1, -0.05) is 6.42 Å². The summed E-state index contributed by atoms with van der Waals surface area (Å²) >= 11 is 0. The molecule has 0 saturated heterocycles. The van der Waals surface area contributed by atoms with Gasteiger partial charge in [0.25, 0.3) is 0 Å². The van der Waals surface area contributed by atoms with Gasteiger partial charge in [0.05, 0.1) is 11.8 Å². The summed E-state index contributed by atoms with van der Waals surface area (Å²) in [7, 11) is 0. The van der Waals surface area contributed by atoms with Crippen molar-refractivity contribution >= 4 is 11.9 Å². The van der Waals surface area contributed by atoms with Crippen LogP contribution in [0.25, 0.3) is 0 Å². The summed E-state index contributed by atoms with van der Waals surface area (Å²) in [6.07, 6.45) is 1.57. The van der Waals surface area contributed by atoms with Gasteiger partial charge in [0.2, 0.25) is 0 Å². The van der Waals surface area contributed by atoms with Crippen LogP contribution in [-0.2, 0) is 9.59 Å². The van der Waals surface area contributed by atoms with Crippen LogP contribution in [-0.4, -0.2) is 22.2 Å². The minimum Gasteiger partial charge on any atom is -0.481 e. The van der Waals surface area contributed by atoms with E-state index in [0.29, 0.717) is 19.3 Å². The number of carboxylic acids is 2. The SMILES string of the molecule is O=C(O)[C]1CCCC1C(=O)O. The van der Waals surface area contributed by atoms with E-state index in [1.54, 1.807) is 0 Å². The summed E-state index contributed by atoms with van der Waals surface area (Å²) < 4.78 is 0. The summed E-state index contributed by atoms with van der Waals surface area (Å²) in [6, 6.07) is 0. The first-order chi connectivity index (χ1) is 5.13. The van der Waals surface area contributed by atoms with Crippen LogP contribution >= 0.6 is 0 Å². The van der Waals surface area contributed by atoms with E-state index < -0.39 is 17.9 Å². The Kier molecular flexibility index (Phi) is 2.12.